The number of benzene rings is 2. The van der Waals surface area contributed by atoms with Gasteiger partial charge in [-0.15, -0.1) is 0 Å². The molecule has 1 amide bonds. The first-order valence-electron chi connectivity index (χ1n) is 10.0. The molecule has 4 rings (SSSR count). The highest BCUT2D eigenvalue weighted by atomic mass is 19.1. The van der Waals surface area contributed by atoms with Crippen molar-refractivity contribution >= 4 is 16.9 Å². The monoisotopic (exact) mass is 418 g/mol. The fraction of sp³-hybridized carbons (Fsp3) is 0.208. The van der Waals surface area contributed by atoms with E-state index in [1.54, 1.807) is 18.2 Å². The molecule has 0 aliphatic heterocycles. The zero-order valence-electron chi connectivity index (χ0n) is 17.6. The number of nitrogens with one attached hydrogen (secondary N) is 1. The average molecular weight is 418 g/mol. The number of carbonyl (C=O) groups is 1. The van der Waals surface area contributed by atoms with Crippen LogP contribution in [0.25, 0.3) is 16.7 Å². The number of halogens is 1. The number of nitrogens with zero attached hydrogens (tertiary/aromatic N) is 3. The molecule has 31 heavy (non-hydrogen) atoms. The number of carbonyl (C=O) groups excluding carboxylic acids is 1. The Morgan fingerprint density at radius 3 is 2.48 bits per heavy atom. The van der Waals surface area contributed by atoms with Gasteiger partial charge in [-0.05, 0) is 44.5 Å². The molecule has 2 heterocycles. The highest BCUT2D eigenvalue weighted by Crippen LogP contribution is 2.25. The Hall–Kier alpha value is -3.74. The summed E-state index contributed by atoms with van der Waals surface area (Å²) in [4.78, 5) is 30.0. The Kier molecular flexibility index (Phi) is 5.42. The minimum Gasteiger partial charge on any atom is -0.350 e. The normalized spacial score (nSPS) is 11.1. The molecule has 0 aliphatic carbocycles. The molecule has 0 saturated heterocycles. The summed E-state index contributed by atoms with van der Waals surface area (Å²) >= 11 is 0. The first-order chi connectivity index (χ1) is 14.9. The van der Waals surface area contributed by atoms with Gasteiger partial charge in [0.05, 0.1) is 5.39 Å². The van der Waals surface area contributed by atoms with E-state index < -0.39 is 0 Å². The molecular formula is C24H23FN4O2. The summed E-state index contributed by atoms with van der Waals surface area (Å²) in [7, 11) is 0. The molecule has 6 nitrogen and oxygen atoms in total. The highest BCUT2D eigenvalue weighted by Gasteiger charge is 2.18. The summed E-state index contributed by atoms with van der Waals surface area (Å²) in [5.74, 6) is -0.773. The number of rotatable bonds is 5. The van der Waals surface area contributed by atoms with E-state index in [4.69, 9.17) is 0 Å². The molecule has 4 aromatic rings. The van der Waals surface area contributed by atoms with Gasteiger partial charge in [-0.25, -0.2) is 9.37 Å². The highest BCUT2D eigenvalue weighted by molar-refractivity contribution is 5.83. The van der Waals surface area contributed by atoms with E-state index in [2.05, 4.69) is 10.3 Å². The maximum atomic E-state index is 13.7. The van der Waals surface area contributed by atoms with Crippen LogP contribution >= 0.6 is 0 Å². The smallest absolute Gasteiger partial charge is 0.263 e. The molecule has 0 atom stereocenters. The zero-order valence-corrected chi connectivity index (χ0v) is 17.6. The molecule has 0 bridgehead atoms. The number of fused-ring (bicyclic) bond motifs is 1. The van der Waals surface area contributed by atoms with Crippen LogP contribution in [0, 0.1) is 26.6 Å². The molecule has 0 saturated carbocycles. The Morgan fingerprint density at radius 2 is 1.77 bits per heavy atom. The molecule has 2 aromatic heterocycles. The summed E-state index contributed by atoms with van der Waals surface area (Å²) < 4.78 is 17.0. The van der Waals surface area contributed by atoms with E-state index in [1.165, 1.54) is 17.0 Å². The van der Waals surface area contributed by atoms with Crippen LogP contribution in [-0.4, -0.2) is 20.0 Å². The number of aryl methyl sites for hydroxylation is 2. The lowest BCUT2D eigenvalue weighted by Crippen LogP contribution is -2.32. The van der Waals surface area contributed by atoms with Crippen molar-refractivity contribution < 1.29 is 9.18 Å². The molecule has 0 fully saturated rings. The zero-order chi connectivity index (χ0) is 22.1. The minimum atomic E-state index is -0.390. The minimum absolute atomic E-state index is 0.0534. The van der Waals surface area contributed by atoms with Crippen molar-refractivity contribution in [3.63, 3.8) is 0 Å². The summed E-state index contributed by atoms with van der Waals surface area (Å²) in [6, 6.07) is 14.2. The van der Waals surface area contributed by atoms with E-state index in [9.17, 15) is 14.0 Å². The largest absolute Gasteiger partial charge is 0.350 e. The van der Waals surface area contributed by atoms with Crippen LogP contribution in [0.2, 0.25) is 0 Å². The first-order valence-corrected chi connectivity index (χ1v) is 10.0. The third kappa shape index (κ3) is 3.86. The van der Waals surface area contributed by atoms with Crippen LogP contribution in [0.15, 0.2) is 59.7 Å². The molecule has 1 N–H and O–H groups in total. The van der Waals surface area contributed by atoms with Crippen LogP contribution in [-0.2, 0) is 17.9 Å². The van der Waals surface area contributed by atoms with E-state index >= 15 is 0 Å². The number of hydrogen-bond acceptors (Lipinski definition) is 3. The number of amides is 1. The van der Waals surface area contributed by atoms with E-state index in [-0.39, 0.29) is 30.4 Å². The van der Waals surface area contributed by atoms with Gasteiger partial charge in [0.25, 0.3) is 5.56 Å². The summed E-state index contributed by atoms with van der Waals surface area (Å²) in [6.45, 7) is 5.71. The molecule has 158 valence electrons. The van der Waals surface area contributed by atoms with Gasteiger partial charge in [-0.1, -0.05) is 35.9 Å². The van der Waals surface area contributed by atoms with Gasteiger partial charge in [-0.2, -0.15) is 0 Å². The fourth-order valence-electron chi connectivity index (χ4n) is 3.65. The topological polar surface area (TPSA) is 68.9 Å². The van der Waals surface area contributed by atoms with Gasteiger partial charge in [0.2, 0.25) is 5.91 Å². The molecule has 0 unspecified atom stereocenters. The second-order valence-corrected chi connectivity index (χ2v) is 7.63. The van der Waals surface area contributed by atoms with Crippen molar-refractivity contribution in [1.82, 2.24) is 19.4 Å². The van der Waals surface area contributed by atoms with Gasteiger partial charge >= 0.3 is 0 Å². The van der Waals surface area contributed by atoms with Crippen LogP contribution in [0.1, 0.15) is 22.4 Å². The number of aromatic nitrogens is 3. The standard InChI is InChI=1S/C24H23FN4O2/c1-15-8-10-19(11-9-15)29-17(3)16(2)22-23(29)27-14-28(24(22)31)13-21(30)26-12-18-6-4-5-7-20(18)25/h4-11,14H,12-13H2,1-3H3,(H,26,30). The lowest BCUT2D eigenvalue weighted by molar-refractivity contribution is -0.121. The van der Waals surface area contributed by atoms with Gasteiger partial charge in [0, 0.05) is 23.5 Å². The second kappa shape index (κ2) is 8.18. The first kappa shape index (κ1) is 20.5. The van der Waals surface area contributed by atoms with Gasteiger partial charge in [-0.3, -0.25) is 18.7 Å². The Balaban J connectivity index is 1.63. The summed E-state index contributed by atoms with van der Waals surface area (Å²) in [5.41, 5.74) is 4.49. The lowest BCUT2D eigenvalue weighted by atomic mass is 10.2. The third-order valence-corrected chi connectivity index (χ3v) is 5.52. The quantitative estimate of drug-likeness (QED) is 0.539. The van der Waals surface area contributed by atoms with Crippen molar-refractivity contribution in [3.05, 3.63) is 93.4 Å². The third-order valence-electron chi connectivity index (χ3n) is 5.52. The summed E-state index contributed by atoms with van der Waals surface area (Å²) in [6.07, 6.45) is 1.39. The molecule has 7 heteroatoms. The van der Waals surface area contributed by atoms with Crippen molar-refractivity contribution in [2.24, 2.45) is 0 Å². The number of hydrogen-bond donors (Lipinski definition) is 1. The van der Waals surface area contributed by atoms with Crippen LogP contribution < -0.4 is 10.9 Å². The van der Waals surface area contributed by atoms with E-state index in [0.717, 1.165) is 22.5 Å². The van der Waals surface area contributed by atoms with Gasteiger partial charge in [0.15, 0.2) is 5.65 Å². The van der Waals surface area contributed by atoms with Gasteiger partial charge < -0.3 is 5.32 Å². The van der Waals surface area contributed by atoms with Crippen LogP contribution in [0.5, 0.6) is 0 Å². The molecule has 0 spiro atoms. The van der Waals surface area contributed by atoms with Crippen LogP contribution in [0.4, 0.5) is 4.39 Å². The van der Waals surface area contributed by atoms with Crippen molar-refractivity contribution in [1.29, 1.82) is 0 Å². The molecular weight excluding hydrogens is 395 g/mol. The Bertz CT molecular complexity index is 1340. The van der Waals surface area contributed by atoms with E-state index in [1.807, 2.05) is 49.6 Å². The lowest BCUT2D eigenvalue weighted by Gasteiger charge is -2.10. The molecule has 0 radical (unpaired) electrons. The Labute approximate surface area is 179 Å². The van der Waals surface area contributed by atoms with Crippen molar-refractivity contribution in [2.45, 2.75) is 33.9 Å². The maximum absolute atomic E-state index is 13.7. The van der Waals surface area contributed by atoms with E-state index in [0.29, 0.717) is 16.6 Å². The molecule has 0 aliphatic rings. The second-order valence-electron chi connectivity index (χ2n) is 7.63. The van der Waals surface area contributed by atoms with Crippen LogP contribution in [0.3, 0.4) is 0 Å². The van der Waals surface area contributed by atoms with Crippen molar-refractivity contribution in [2.75, 3.05) is 0 Å². The Morgan fingerprint density at radius 1 is 1.06 bits per heavy atom. The predicted molar refractivity (Wildman–Crippen MR) is 118 cm³/mol. The SMILES string of the molecule is Cc1ccc(-n2c(C)c(C)c3c(=O)n(CC(=O)NCc4ccccc4F)cnc32)cc1. The maximum Gasteiger partial charge on any atom is 0.263 e. The average Bonchev–Trinajstić information content (AvgIpc) is 3.01. The molecule has 2 aromatic carbocycles. The van der Waals surface area contributed by atoms with Crippen molar-refractivity contribution in [3.8, 4) is 5.69 Å². The summed E-state index contributed by atoms with van der Waals surface area (Å²) in [5, 5.41) is 3.14. The fourth-order valence-corrected chi connectivity index (χ4v) is 3.65. The predicted octanol–water partition coefficient (Wildman–Crippen LogP) is 3.57. The van der Waals surface area contributed by atoms with Gasteiger partial charge in [0.1, 0.15) is 18.7 Å².